The molecular formula is C27H28ClF3N6O2. The number of hydrogen-bond acceptors (Lipinski definition) is 4. The number of carbonyl (C=O) groups excluding carboxylic acids is 1. The van der Waals surface area contributed by atoms with E-state index in [9.17, 15) is 22.8 Å². The number of aryl methyl sites for hydroxylation is 3. The largest absolute Gasteiger partial charge is 0.434 e. The molecule has 1 N–H and O–H groups in total. The van der Waals surface area contributed by atoms with Crippen molar-refractivity contribution < 1.29 is 18.0 Å². The summed E-state index contributed by atoms with van der Waals surface area (Å²) in [5, 5.41) is 6.88. The molecule has 1 aromatic carbocycles. The highest BCUT2D eigenvalue weighted by Gasteiger charge is 2.38. The predicted molar refractivity (Wildman–Crippen MR) is 141 cm³/mol. The first-order chi connectivity index (χ1) is 18.6. The molecule has 1 amide bonds. The molecule has 5 rings (SSSR count). The summed E-state index contributed by atoms with van der Waals surface area (Å²) in [5.74, 6) is -0.638. The molecule has 0 spiro atoms. The number of rotatable bonds is 7. The molecule has 3 aromatic heterocycles. The minimum Gasteiger partial charge on any atom is -0.349 e. The van der Waals surface area contributed by atoms with Crippen LogP contribution in [0.4, 0.5) is 13.2 Å². The van der Waals surface area contributed by atoms with Gasteiger partial charge in [-0.15, -0.1) is 0 Å². The van der Waals surface area contributed by atoms with Gasteiger partial charge in [0.05, 0.1) is 27.8 Å². The number of nitrogens with one attached hydrogen (secondary N) is 1. The highest BCUT2D eigenvalue weighted by Crippen LogP contribution is 2.32. The Morgan fingerprint density at radius 3 is 2.44 bits per heavy atom. The lowest BCUT2D eigenvalue weighted by molar-refractivity contribution is -0.141. The number of aromatic nitrogens is 5. The summed E-state index contributed by atoms with van der Waals surface area (Å²) in [4.78, 5) is 29.5. The van der Waals surface area contributed by atoms with Gasteiger partial charge in [-0.05, 0) is 61.8 Å². The number of hydrogen-bond donors (Lipinski definition) is 1. The molecule has 0 bridgehead atoms. The van der Waals surface area contributed by atoms with Crippen molar-refractivity contribution >= 4 is 28.5 Å². The van der Waals surface area contributed by atoms with Crippen LogP contribution in [0.5, 0.6) is 0 Å². The Bertz CT molecular complexity index is 1550. The van der Waals surface area contributed by atoms with Crippen LogP contribution in [0, 0.1) is 5.92 Å². The minimum absolute atomic E-state index is 0.0399. The number of fused-ring (bicyclic) bond motifs is 1. The first-order valence-corrected chi connectivity index (χ1v) is 13.2. The summed E-state index contributed by atoms with van der Waals surface area (Å²) in [6.07, 6.45) is 3.19. The predicted octanol–water partition coefficient (Wildman–Crippen LogP) is 4.84. The third-order valence-electron chi connectivity index (χ3n) is 7.30. The molecule has 39 heavy (non-hydrogen) atoms. The molecule has 1 fully saturated rings. The van der Waals surface area contributed by atoms with Crippen molar-refractivity contribution in [3.8, 4) is 0 Å². The number of halogens is 4. The number of carbonyl (C=O) groups is 1. The lowest BCUT2D eigenvalue weighted by atomic mass is 9.85. The monoisotopic (exact) mass is 560 g/mol. The summed E-state index contributed by atoms with van der Waals surface area (Å²) in [7, 11) is 1.86. The van der Waals surface area contributed by atoms with Crippen LogP contribution in [0.15, 0.2) is 53.7 Å². The van der Waals surface area contributed by atoms with Crippen molar-refractivity contribution in [3.63, 3.8) is 0 Å². The molecular weight excluding hydrogens is 533 g/mol. The SMILES string of the molecule is Cn1cc(CCn2c(=O)n(C[C@H]3CC[C@H](NC(=O)c4cc(Cl)cnc4C(F)(F)F)CC3)c3ccccc32)cn1. The molecule has 1 aliphatic rings. The third-order valence-corrected chi connectivity index (χ3v) is 7.50. The van der Waals surface area contributed by atoms with E-state index in [1.54, 1.807) is 15.4 Å². The smallest absolute Gasteiger partial charge is 0.349 e. The Morgan fingerprint density at radius 2 is 1.79 bits per heavy atom. The van der Waals surface area contributed by atoms with Crippen molar-refractivity contribution in [2.75, 3.05) is 0 Å². The van der Waals surface area contributed by atoms with E-state index in [4.69, 9.17) is 11.6 Å². The molecule has 0 saturated heterocycles. The molecule has 1 saturated carbocycles. The fraction of sp³-hybridized carbons (Fsp3) is 0.407. The molecule has 1 aliphatic carbocycles. The maximum Gasteiger partial charge on any atom is 0.434 e. The first kappa shape index (κ1) is 27.0. The molecule has 0 atom stereocenters. The zero-order valence-electron chi connectivity index (χ0n) is 21.3. The molecule has 0 radical (unpaired) electrons. The third kappa shape index (κ3) is 5.88. The van der Waals surface area contributed by atoms with Gasteiger partial charge < -0.3 is 5.32 Å². The van der Waals surface area contributed by atoms with E-state index >= 15 is 0 Å². The van der Waals surface area contributed by atoms with Crippen LogP contribution in [0.25, 0.3) is 11.0 Å². The van der Waals surface area contributed by atoms with Gasteiger partial charge in [-0.3, -0.25) is 18.6 Å². The Labute approximate surface area is 227 Å². The van der Waals surface area contributed by atoms with Gasteiger partial charge in [0, 0.05) is 38.6 Å². The quantitative estimate of drug-likeness (QED) is 0.351. The molecule has 0 aliphatic heterocycles. The van der Waals surface area contributed by atoms with Gasteiger partial charge in [-0.1, -0.05) is 23.7 Å². The Hall–Kier alpha value is -3.60. The van der Waals surface area contributed by atoms with Gasteiger partial charge in [0.25, 0.3) is 5.91 Å². The molecule has 12 heteroatoms. The van der Waals surface area contributed by atoms with E-state index in [2.05, 4.69) is 15.4 Å². The van der Waals surface area contributed by atoms with Gasteiger partial charge in [-0.25, -0.2) is 9.78 Å². The van der Waals surface area contributed by atoms with Crippen LogP contribution in [0.1, 0.15) is 47.3 Å². The second-order valence-electron chi connectivity index (χ2n) is 10.0. The number of nitrogens with zero attached hydrogens (tertiary/aromatic N) is 5. The van der Waals surface area contributed by atoms with Crippen LogP contribution < -0.4 is 11.0 Å². The van der Waals surface area contributed by atoms with Crippen molar-refractivity contribution in [1.82, 2.24) is 29.2 Å². The number of para-hydroxylation sites is 2. The summed E-state index contributed by atoms with van der Waals surface area (Å²) in [6, 6.07) is 8.44. The highest BCUT2D eigenvalue weighted by molar-refractivity contribution is 6.30. The Balaban J connectivity index is 1.25. The molecule has 206 valence electrons. The van der Waals surface area contributed by atoms with E-state index in [1.807, 2.05) is 42.1 Å². The standard InChI is InChI=1S/C27H28ClF3N6O2/c1-35-15-18(13-33-35)10-11-36-22-4-2-3-5-23(22)37(26(36)39)16-17-6-8-20(9-7-17)34-25(38)21-12-19(28)14-32-24(21)27(29,30)31/h2-5,12-15,17,20H,6-11,16H2,1H3,(H,34,38)/t17-,20-. The maximum atomic E-state index is 13.4. The Morgan fingerprint density at radius 1 is 1.10 bits per heavy atom. The van der Waals surface area contributed by atoms with Crippen LogP contribution in [-0.4, -0.2) is 35.8 Å². The first-order valence-electron chi connectivity index (χ1n) is 12.8. The second kappa shape index (κ2) is 10.9. The normalized spacial score (nSPS) is 18.0. The topological polar surface area (TPSA) is 86.7 Å². The van der Waals surface area contributed by atoms with E-state index in [1.165, 1.54) is 0 Å². The molecule has 0 unspecified atom stereocenters. The van der Waals surface area contributed by atoms with Gasteiger partial charge in [0.15, 0.2) is 5.69 Å². The molecule has 4 aromatic rings. The van der Waals surface area contributed by atoms with Gasteiger partial charge in [0.1, 0.15) is 0 Å². The summed E-state index contributed by atoms with van der Waals surface area (Å²) in [5.41, 5.74) is 0.904. The van der Waals surface area contributed by atoms with Crippen molar-refractivity contribution in [2.24, 2.45) is 13.0 Å². The van der Waals surface area contributed by atoms with Crippen molar-refractivity contribution in [1.29, 1.82) is 0 Å². The number of pyridine rings is 1. The summed E-state index contributed by atoms with van der Waals surface area (Å²) >= 11 is 5.81. The van der Waals surface area contributed by atoms with Crippen molar-refractivity contribution in [3.05, 3.63) is 81.3 Å². The number of amides is 1. The number of imidazole rings is 1. The molecule has 8 nitrogen and oxygen atoms in total. The van der Waals surface area contributed by atoms with Gasteiger partial charge in [-0.2, -0.15) is 18.3 Å². The van der Waals surface area contributed by atoms with E-state index < -0.39 is 23.3 Å². The lowest BCUT2D eigenvalue weighted by Gasteiger charge is -2.29. The summed E-state index contributed by atoms with van der Waals surface area (Å²) < 4.78 is 45.4. The van der Waals surface area contributed by atoms with Crippen molar-refractivity contribution in [2.45, 2.75) is 57.4 Å². The number of alkyl halides is 3. The van der Waals surface area contributed by atoms with Crippen LogP contribution in [0.3, 0.4) is 0 Å². The van der Waals surface area contributed by atoms with Gasteiger partial charge >= 0.3 is 11.9 Å². The zero-order chi connectivity index (χ0) is 27.7. The van der Waals surface area contributed by atoms with Crippen LogP contribution >= 0.6 is 11.6 Å². The highest BCUT2D eigenvalue weighted by atomic mass is 35.5. The summed E-state index contributed by atoms with van der Waals surface area (Å²) in [6.45, 7) is 1.07. The van der Waals surface area contributed by atoms with Crippen LogP contribution in [-0.2, 0) is 32.7 Å². The second-order valence-corrected chi connectivity index (χ2v) is 10.5. The maximum absolute atomic E-state index is 13.4. The van der Waals surface area contributed by atoms with E-state index in [0.29, 0.717) is 32.4 Å². The van der Waals surface area contributed by atoms with Gasteiger partial charge in [0.2, 0.25) is 0 Å². The fourth-order valence-electron chi connectivity index (χ4n) is 5.36. The Kier molecular flexibility index (Phi) is 7.53. The number of benzene rings is 1. The molecule has 3 heterocycles. The van der Waals surface area contributed by atoms with Crippen LogP contribution in [0.2, 0.25) is 5.02 Å². The average molecular weight is 561 g/mol. The minimum atomic E-state index is -4.76. The lowest BCUT2D eigenvalue weighted by Crippen LogP contribution is -2.39. The van der Waals surface area contributed by atoms with E-state index in [-0.39, 0.29) is 22.7 Å². The van der Waals surface area contributed by atoms with E-state index in [0.717, 1.165) is 41.7 Å². The zero-order valence-corrected chi connectivity index (χ0v) is 22.0. The fourth-order valence-corrected chi connectivity index (χ4v) is 5.51. The average Bonchev–Trinajstić information content (AvgIpc) is 3.43.